The molecule has 0 bridgehead atoms. The van der Waals surface area contributed by atoms with Gasteiger partial charge in [0.25, 0.3) is 5.91 Å². The van der Waals surface area contributed by atoms with E-state index in [4.69, 9.17) is 5.73 Å². The first-order valence-corrected chi connectivity index (χ1v) is 6.99. The van der Waals surface area contributed by atoms with Gasteiger partial charge in [-0.15, -0.1) is 0 Å². The minimum Gasteiger partial charge on any atom is -0.398 e. The van der Waals surface area contributed by atoms with Crippen LogP contribution < -0.4 is 11.1 Å². The molecule has 0 aliphatic carbocycles. The second kappa shape index (κ2) is 6.22. The van der Waals surface area contributed by atoms with E-state index in [2.05, 4.69) is 21.2 Å². The molecule has 3 nitrogen and oxygen atoms in total. The Morgan fingerprint density at radius 2 is 1.86 bits per heavy atom. The van der Waals surface area contributed by atoms with Crippen LogP contribution >= 0.6 is 15.9 Å². The SMILES string of the molecule is CC(NC(=O)c1ccc(Br)c(N)c1)c1c(F)cccc1F. The van der Waals surface area contributed by atoms with Crippen LogP contribution in [0.1, 0.15) is 28.9 Å². The zero-order chi connectivity index (χ0) is 15.6. The number of anilines is 1. The lowest BCUT2D eigenvalue weighted by atomic mass is 10.1. The Hall–Kier alpha value is -1.95. The fraction of sp³-hybridized carbons (Fsp3) is 0.133. The van der Waals surface area contributed by atoms with Crippen molar-refractivity contribution in [2.75, 3.05) is 5.73 Å². The van der Waals surface area contributed by atoms with Crippen LogP contribution in [0.4, 0.5) is 14.5 Å². The number of nitrogens with two attached hydrogens (primary N) is 1. The third-order valence-corrected chi connectivity index (χ3v) is 3.76. The van der Waals surface area contributed by atoms with Gasteiger partial charge < -0.3 is 11.1 Å². The standard InChI is InChI=1S/C15H13BrF2N2O/c1-8(14-11(17)3-2-4-12(14)18)20-15(21)9-5-6-10(16)13(19)7-9/h2-8H,19H2,1H3,(H,20,21). The Morgan fingerprint density at radius 1 is 1.24 bits per heavy atom. The molecule has 2 aromatic carbocycles. The first-order chi connectivity index (χ1) is 9.90. The van der Waals surface area contributed by atoms with Gasteiger partial charge in [0.2, 0.25) is 0 Å². The minimum atomic E-state index is -0.802. The molecule has 0 saturated heterocycles. The second-order valence-corrected chi connectivity index (χ2v) is 5.42. The molecule has 0 heterocycles. The summed E-state index contributed by atoms with van der Waals surface area (Å²) in [5.74, 6) is -1.85. The van der Waals surface area contributed by atoms with E-state index in [1.54, 1.807) is 12.1 Å². The predicted molar refractivity (Wildman–Crippen MR) is 80.8 cm³/mol. The summed E-state index contributed by atoms with van der Waals surface area (Å²) in [6.07, 6.45) is 0. The highest BCUT2D eigenvalue weighted by Crippen LogP contribution is 2.23. The molecule has 2 aromatic rings. The number of halogens is 3. The van der Waals surface area contributed by atoms with E-state index in [1.165, 1.54) is 19.1 Å². The molecule has 2 rings (SSSR count). The fourth-order valence-electron chi connectivity index (χ4n) is 1.96. The van der Waals surface area contributed by atoms with Crippen molar-refractivity contribution >= 4 is 27.5 Å². The Morgan fingerprint density at radius 3 is 2.43 bits per heavy atom. The average molecular weight is 355 g/mol. The monoisotopic (exact) mass is 354 g/mol. The summed E-state index contributed by atoms with van der Waals surface area (Å²) >= 11 is 3.23. The van der Waals surface area contributed by atoms with Crippen LogP contribution in [0.25, 0.3) is 0 Å². The van der Waals surface area contributed by atoms with E-state index in [9.17, 15) is 13.6 Å². The maximum Gasteiger partial charge on any atom is 0.251 e. The Labute approximate surface area is 129 Å². The van der Waals surface area contributed by atoms with Gasteiger partial charge in [-0.25, -0.2) is 8.78 Å². The van der Waals surface area contributed by atoms with Crippen LogP contribution in [-0.4, -0.2) is 5.91 Å². The Balaban J connectivity index is 2.21. The zero-order valence-electron chi connectivity index (χ0n) is 11.2. The van der Waals surface area contributed by atoms with Gasteiger partial charge in [-0.1, -0.05) is 6.07 Å². The number of carbonyl (C=O) groups is 1. The second-order valence-electron chi connectivity index (χ2n) is 4.57. The first-order valence-electron chi connectivity index (χ1n) is 6.20. The van der Waals surface area contributed by atoms with Crippen molar-refractivity contribution in [3.8, 4) is 0 Å². The highest BCUT2D eigenvalue weighted by Gasteiger charge is 2.18. The number of hydrogen-bond donors (Lipinski definition) is 2. The summed E-state index contributed by atoms with van der Waals surface area (Å²) < 4.78 is 28.0. The Bertz CT molecular complexity index is 671. The van der Waals surface area contributed by atoms with Crippen LogP contribution in [0.2, 0.25) is 0 Å². The zero-order valence-corrected chi connectivity index (χ0v) is 12.7. The summed E-state index contributed by atoms with van der Waals surface area (Å²) in [4.78, 5) is 12.1. The highest BCUT2D eigenvalue weighted by molar-refractivity contribution is 9.10. The number of amides is 1. The maximum atomic E-state index is 13.7. The molecule has 0 aromatic heterocycles. The van der Waals surface area contributed by atoms with Gasteiger partial charge in [-0.05, 0) is 53.2 Å². The summed E-state index contributed by atoms with van der Waals surface area (Å²) in [6.45, 7) is 1.52. The smallest absolute Gasteiger partial charge is 0.251 e. The van der Waals surface area contributed by atoms with Crippen molar-refractivity contribution in [2.24, 2.45) is 0 Å². The van der Waals surface area contributed by atoms with Crippen molar-refractivity contribution in [3.63, 3.8) is 0 Å². The Kier molecular flexibility index (Phi) is 4.57. The van der Waals surface area contributed by atoms with Crippen molar-refractivity contribution in [1.29, 1.82) is 0 Å². The number of rotatable bonds is 3. The third kappa shape index (κ3) is 3.39. The predicted octanol–water partition coefficient (Wildman–Crippen LogP) is 3.80. The van der Waals surface area contributed by atoms with E-state index in [0.717, 1.165) is 12.1 Å². The average Bonchev–Trinajstić information content (AvgIpc) is 2.41. The van der Waals surface area contributed by atoms with Crippen LogP contribution in [0.3, 0.4) is 0 Å². The molecule has 110 valence electrons. The lowest BCUT2D eigenvalue weighted by molar-refractivity contribution is 0.0939. The largest absolute Gasteiger partial charge is 0.398 e. The molecule has 0 spiro atoms. The summed E-state index contributed by atoms with van der Waals surface area (Å²) in [5, 5.41) is 2.55. The van der Waals surface area contributed by atoms with Crippen LogP contribution in [0, 0.1) is 11.6 Å². The lowest BCUT2D eigenvalue weighted by Gasteiger charge is -2.16. The number of nitrogen functional groups attached to an aromatic ring is 1. The molecule has 0 aliphatic heterocycles. The molecule has 0 radical (unpaired) electrons. The lowest BCUT2D eigenvalue weighted by Crippen LogP contribution is -2.28. The number of hydrogen-bond acceptors (Lipinski definition) is 2. The van der Waals surface area contributed by atoms with Gasteiger partial charge in [-0.3, -0.25) is 4.79 Å². The summed E-state index contributed by atoms with van der Waals surface area (Å²) in [7, 11) is 0. The molecule has 6 heteroatoms. The molecular formula is C15H13BrF2N2O. The van der Waals surface area contributed by atoms with Gasteiger partial charge in [0.05, 0.1) is 6.04 Å². The molecular weight excluding hydrogens is 342 g/mol. The third-order valence-electron chi connectivity index (χ3n) is 3.04. The molecule has 1 atom stereocenters. The fourth-order valence-corrected chi connectivity index (χ4v) is 2.21. The molecule has 1 unspecified atom stereocenters. The van der Waals surface area contributed by atoms with Gasteiger partial charge in [0, 0.05) is 21.3 Å². The van der Waals surface area contributed by atoms with Crippen LogP contribution in [0.15, 0.2) is 40.9 Å². The molecule has 1 amide bonds. The van der Waals surface area contributed by atoms with Gasteiger partial charge in [0.15, 0.2) is 0 Å². The van der Waals surface area contributed by atoms with Gasteiger partial charge >= 0.3 is 0 Å². The normalized spacial score (nSPS) is 12.0. The van der Waals surface area contributed by atoms with E-state index in [-0.39, 0.29) is 5.56 Å². The minimum absolute atomic E-state index is 0.170. The highest BCUT2D eigenvalue weighted by atomic mass is 79.9. The topological polar surface area (TPSA) is 55.1 Å². The molecule has 0 fully saturated rings. The number of carbonyl (C=O) groups excluding carboxylic acids is 1. The quantitative estimate of drug-likeness (QED) is 0.823. The van der Waals surface area contributed by atoms with E-state index in [1.807, 2.05) is 0 Å². The van der Waals surface area contributed by atoms with E-state index in [0.29, 0.717) is 15.7 Å². The molecule has 0 saturated carbocycles. The van der Waals surface area contributed by atoms with Crippen molar-refractivity contribution < 1.29 is 13.6 Å². The first kappa shape index (κ1) is 15.4. The van der Waals surface area contributed by atoms with Crippen molar-refractivity contribution in [1.82, 2.24) is 5.32 Å². The molecule has 21 heavy (non-hydrogen) atoms. The van der Waals surface area contributed by atoms with E-state index < -0.39 is 23.6 Å². The summed E-state index contributed by atoms with van der Waals surface area (Å²) in [6, 6.07) is 7.47. The van der Waals surface area contributed by atoms with Gasteiger partial charge in [0.1, 0.15) is 11.6 Å². The van der Waals surface area contributed by atoms with Crippen LogP contribution in [0.5, 0.6) is 0 Å². The number of nitrogens with one attached hydrogen (secondary N) is 1. The van der Waals surface area contributed by atoms with E-state index >= 15 is 0 Å². The summed E-state index contributed by atoms with van der Waals surface area (Å²) in [5.41, 5.74) is 6.26. The maximum absolute atomic E-state index is 13.7. The van der Waals surface area contributed by atoms with Gasteiger partial charge in [-0.2, -0.15) is 0 Å². The number of benzene rings is 2. The molecule has 3 N–H and O–H groups in total. The van der Waals surface area contributed by atoms with Crippen molar-refractivity contribution in [2.45, 2.75) is 13.0 Å². The molecule has 0 aliphatic rings. The van der Waals surface area contributed by atoms with Crippen LogP contribution in [-0.2, 0) is 0 Å². The van der Waals surface area contributed by atoms with Crippen molar-refractivity contribution in [3.05, 3.63) is 63.6 Å².